The molecule has 4 atom stereocenters. The number of carbonyl (C=O) groups excluding carboxylic acids is 4. The van der Waals surface area contributed by atoms with Crippen LogP contribution >= 0.6 is 0 Å². The second-order valence-electron chi connectivity index (χ2n) is 15.2. The van der Waals surface area contributed by atoms with E-state index in [2.05, 4.69) is 38.3 Å². The first-order chi connectivity index (χ1) is 18.4. The lowest BCUT2D eigenvalue weighted by atomic mass is 9.65. The lowest BCUT2D eigenvalue weighted by Gasteiger charge is -2.46. The fourth-order valence-electron chi connectivity index (χ4n) is 5.20. The molecule has 1 rings (SSSR count). The van der Waals surface area contributed by atoms with Crippen LogP contribution in [0, 0.1) is 39.9 Å². The van der Waals surface area contributed by atoms with Crippen molar-refractivity contribution in [2.75, 3.05) is 20.2 Å². The normalized spacial score (nSPS) is 18.2. The Bertz CT molecular complexity index is 1010. The van der Waals surface area contributed by atoms with Gasteiger partial charge in [-0.2, -0.15) is 0 Å². The van der Waals surface area contributed by atoms with Crippen molar-refractivity contribution in [2.24, 2.45) is 39.9 Å². The molecule has 4 amide bonds. The van der Waals surface area contributed by atoms with Crippen LogP contribution in [0.3, 0.4) is 0 Å². The zero-order valence-corrected chi connectivity index (χ0v) is 28.6. The van der Waals surface area contributed by atoms with Crippen molar-refractivity contribution >= 4 is 23.6 Å². The standard InChI is InChI=1S/C33H59N3O5/c1-20(2)25-16-26(37)36(29(25)40)18-30(7,8)24(6)28(39)35-21(3)17-31(9,10)32(11,12)19-41-33(13,14)23(5)22(4)27(38)34-15/h16,20-24H,17-19H2,1-15H3,(H,34,38)(H,35,39). The van der Waals surface area contributed by atoms with Gasteiger partial charge in [-0.15, -0.1) is 0 Å². The van der Waals surface area contributed by atoms with E-state index in [-0.39, 0.29) is 64.8 Å². The van der Waals surface area contributed by atoms with Crippen LogP contribution in [0.1, 0.15) is 103 Å². The van der Waals surface area contributed by atoms with Gasteiger partial charge in [0.15, 0.2) is 0 Å². The molecule has 0 aromatic heterocycles. The molecule has 2 N–H and O–H groups in total. The highest BCUT2D eigenvalue weighted by Crippen LogP contribution is 2.44. The van der Waals surface area contributed by atoms with Crippen LogP contribution in [0.15, 0.2) is 11.6 Å². The summed E-state index contributed by atoms with van der Waals surface area (Å²) in [5, 5.41) is 5.92. The highest BCUT2D eigenvalue weighted by atomic mass is 16.5. The lowest BCUT2D eigenvalue weighted by molar-refractivity contribution is -0.142. The Morgan fingerprint density at radius 2 is 1.41 bits per heavy atom. The number of carbonyl (C=O) groups is 4. The van der Waals surface area contributed by atoms with Gasteiger partial charge in [-0.3, -0.25) is 24.1 Å². The monoisotopic (exact) mass is 577 g/mol. The molecular formula is C33H59N3O5. The summed E-state index contributed by atoms with van der Waals surface area (Å²) in [5.41, 5.74) is -0.987. The SMILES string of the molecule is CNC(=O)C(C)C(C)C(C)(C)OCC(C)(C)C(C)(C)CC(C)NC(=O)C(C)C(C)(C)CN1C(=O)C=C(C(C)C)C1=O. The molecule has 0 saturated carbocycles. The Kier molecular flexibility index (Phi) is 12.0. The van der Waals surface area contributed by atoms with Crippen LogP contribution in [-0.2, 0) is 23.9 Å². The van der Waals surface area contributed by atoms with Crippen LogP contribution in [-0.4, -0.2) is 60.4 Å². The first kappa shape index (κ1) is 36.8. The molecule has 0 fully saturated rings. The predicted octanol–water partition coefficient (Wildman–Crippen LogP) is 5.36. The summed E-state index contributed by atoms with van der Waals surface area (Å²) in [6, 6.07) is -0.0977. The van der Waals surface area contributed by atoms with Gasteiger partial charge in [0.25, 0.3) is 11.8 Å². The minimum atomic E-state index is -0.605. The van der Waals surface area contributed by atoms with Gasteiger partial charge in [0.2, 0.25) is 11.8 Å². The molecule has 41 heavy (non-hydrogen) atoms. The summed E-state index contributed by atoms with van der Waals surface area (Å²) in [5.74, 6) is -1.26. The van der Waals surface area contributed by atoms with Crippen molar-refractivity contribution < 1.29 is 23.9 Å². The fourth-order valence-corrected chi connectivity index (χ4v) is 5.20. The van der Waals surface area contributed by atoms with Crippen LogP contribution in [0.4, 0.5) is 0 Å². The lowest BCUT2D eigenvalue weighted by Crippen LogP contribution is -2.49. The van der Waals surface area contributed by atoms with Crippen molar-refractivity contribution in [2.45, 2.75) is 115 Å². The molecule has 0 aromatic carbocycles. The highest BCUT2D eigenvalue weighted by molar-refractivity contribution is 6.16. The number of ether oxygens (including phenoxy) is 1. The number of nitrogens with zero attached hydrogens (tertiary/aromatic N) is 1. The van der Waals surface area contributed by atoms with E-state index in [1.165, 1.54) is 11.0 Å². The Hall–Kier alpha value is -2.22. The third-order valence-corrected chi connectivity index (χ3v) is 10.1. The number of amides is 4. The van der Waals surface area contributed by atoms with E-state index in [0.29, 0.717) is 12.2 Å². The van der Waals surface area contributed by atoms with Crippen LogP contribution in [0.25, 0.3) is 0 Å². The average molecular weight is 578 g/mol. The van der Waals surface area contributed by atoms with E-state index >= 15 is 0 Å². The van der Waals surface area contributed by atoms with Gasteiger partial charge in [-0.05, 0) is 55.3 Å². The average Bonchev–Trinajstić information content (AvgIpc) is 3.13. The van der Waals surface area contributed by atoms with E-state index in [1.807, 2.05) is 69.2 Å². The van der Waals surface area contributed by atoms with Gasteiger partial charge in [0.1, 0.15) is 0 Å². The summed E-state index contributed by atoms with van der Waals surface area (Å²) in [7, 11) is 1.65. The van der Waals surface area contributed by atoms with Gasteiger partial charge in [0, 0.05) is 43.1 Å². The molecule has 0 aliphatic carbocycles. The number of hydrogen-bond donors (Lipinski definition) is 2. The number of imide groups is 1. The van der Waals surface area contributed by atoms with Crippen LogP contribution in [0.5, 0.6) is 0 Å². The van der Waals surface area contributed by atoms with Gasteiger partial charge in [0.05, 0.1) is 12.2 Å². The zero-order valence-electron chi connectivity index (χ0n) is 28.6. The Morgan fingerprint density at radius 3 is 1.88 bits per heavy atom. The third-order valence-electron chi connectivity index (χ3n) is 10.1. The van der Waals surface area contributed by atoms with Crippen LogP contribution in [0.2, 0.25) is 0 Å². The largest absolute Gasteiger partial charge is 0.375 e. The highest BCUT2D eigenvalue weighted by Gasteiger charge is 2.43. The molecular weight excluding hydrogens is 518 g/mol. The summed E-state index contributed by atoms with van der Waals surface area (Å²) in [4.78, 5) is 52.1. The zero-order chi connectivity index (χ0) is 32.3. The van der Waals surface area contributed by atoms with Gasteiger partial charge in [-0.25, -0.2) is 0 Å². The number of rotatable bonds is 15. The molecule has 4 unspecified atom stereocenters. The molecule has 1 aliphatic heterocycles. The second-order valence-corrected chi connectivity index (χ2v) is 15.2. The Labute approximate surface area is 249 Å². The van der Waals surface area contributed by atoms with Gasteiger partial charge in [-0.1, -0.05) is 76.2 Å². The predicted molar refractivity (Wildman–Crippen MR) is 165 cm³/mol. The van der Waals surface area contributed by atoms with E-state index in [4.69, 9.17) is 4.74 Å². The Morgan fingerprint density at radius 1 is 0.878 bits per heavy atom. The number of nitrogens with one attached hydrogen (secondary N) is 2. The minimum absolute atomic E-state index is 0.00587. The van der Waals surface area contributed by atoms with Crippen LogP contribution < -0.4 is 10.6 Å². The smallest absolute Gasteiger partial charge is 0.257 e. The van der Waals surface area contributed by atoms with Crippen molar-refractivity contribution in [3.8, 4) is 0 Å². The first-order valence-corrected chi connectivity index (χ1v) is 15.1. The molecule has 236 valence electrons. The molecule has 8 nitrogen and oxygen atoms in total. The Balaban J connectivity index is 2.83. The van der Waals surface area contributed by atoms with E-state index < -0.39 is 16.9 Å². The maximum Gasteiger partial charge on any atom is 0.257 e. The van der Waals surface area contributed by atoms with Crippen molar-refractivity contribution in [1.82, 2.24) is 15.5 Å². The van der Waals surface area contributed by atoms with Crippen molar-refractivity contribution in [3.05, 3.63) is 11.6 Å². The topological polar surface area (TPSA) is 105 Å². The quantitative estimate of drug-likeness (QED) is 0.255. The molecule has 0 bridgehead atoms. The summed E-state index contributed by atoms with van der Waals surface area (Å²) >= 11 is 0. The van der Waals surface area contributed by atoms with Crippen molar-refractivity contribution in [1.29, 1.82) is 0 Å². The second kappa shape index (κ2) is 13.4. The molecule has 8 heteroatoms. The molecule has 0 radical (unpaired) electrons. The summed E-state index contributed by atoms with van der Waals surface area (Å²) < 4.78 is 6.48. The summed E-state index contributed by atoms with van der Waals surface area (Å²) in [6.07, 6.45) is 2.16. The van der Waals surface area contributed by atoms with E-state index in [9.17, 15) is 19.2 Å². The molecule has 1 heterocycles. The first-order valence-electron chi connectivity index (χ1n) is 15.1. The number of hydrogen-bond acceptors (Lipinski definition) is 5. The van der Waals surface area contributed by atoms with E-state index in [0.717, 1.165) is 6.42 Å². The molecule has 0 aromatic rings. The van der Waals surface area contributed by atoms with Crippen molar-refractivity contribution in [3.63, 3.8) is 0 Å². The minimum Gasteiger partial charge on any atom is -0.375 e. The fraction of sp³-hybridized carbons (Fsp3) is 0.818. The summed E-state index contributed by atoms with van der Waals surface area (Å²) in [6.45, 7) is 29.0. The van der Waals surface area contributed by atoms with Gasteiger partial charge >= 0.3 is 0 Å². The van der Waals surface area contributed by atoms with E-state index in [1.54, 1.807) is 7.05 Å². The third kappa shape index (κ3) is 8.89. The maximum absolute atomic E-state index is 13.4. The molecule has 0 spiro atoms. The molecule has 0 saturated heterocycles. The molecule has 1 aliphatic rings. The van der Waals surface area contributed by atoms with Gasteiger partial charge < -0.3 is 15.4 Å². The maximum atomic E-state index is 13.4.